The maximum absolute atomic E-state index is 12.4. The van der Waals surface area contributed by atoms with Crippen molar-refractivity contribution < 1.29 is 19.8 Å². The monoisotopic (exact) mass is 388 g/mol. The van der Waals surface area contributed by atoms with Crippen LogP contribution in [-0.4, -0.2) is 39.2 Å². The zero-order chi connectivity index (χ0) is 18.8. The molecule has 1 fully saturated rings. The lowest BCUT2D eigenvalue weighted by Crippen LogP contribution is -2.23. The number of aromatic carboxylic acids is 1. The molecule has 0 atom stereocenters. The number of carbonyl (C=O) groups is 2. The van der Waals surface area contributed by atoms with Gasteiger partial charge in [0.05, 0.1) is 16.2 Å². The van der Waals surface area contributed by atoms with E-state index in [4.69, 9.17) is 16.7 Å². The van der Waals surface area contributed by atoms with Crippen LogP contribution < -0.4 is 0 Å². The summed E-state index contributed by atoms with van der Waals surface area (Å²) in [5, 5.41) is 19.7. The highest BCUT2D eigenvalue weighted by Gasteiger charge is 2.30. The van der Waals surface area contributed by atoms with Gasteiger partial charge in [0.2, 0.25) is 0 Å². The van der Waals surface area contributed by atoms with Crippen molar-refractivity contribution >= 4 is 52.2 Å². The summed E-state index contributed by atoms with van der Waals surface area (Å²) in [6.07, 6.45) is 1.56. The standard InChI is InChI=1S/C18H13ClN2O4S/c1-21-16(23)15(9-11-8-12(19)4-7-14(11)22)26-18(21)20-13-5-2-10(3-6-13)17(24)25/h2-9,22H,1H3,(H,24,25). The molecule has 0 aliphatic carbocycles. The van der Waals surface area contributed by atoms with Crippen molar-refractivity contribution in [3.8, 4) is 5.75 Å². The minimum absolute atomic E-state index is 0.0209. The quantitative estimate of drug-likeness (QED) is 0.776. The second-order valence-electron chi connectivity index (χ2n) is 5.42. The first-order valence-corrected chi connectivity index (χ1v) is 8.63. The molecule has 1 aliphatic rings. The van der Waals surface area contributed by atoms with E-state index in [9.17, 15) is 14.7 Å². The summed E-state index contributed by atoms with van der Waals surface area (Å²) in [7, 11) is 1.60. The molecule has 0 aromatic heterocycles. The number of phenolic OH excluding ortho intramolecular Hbond substituents is 1. The second kappa shape index (κ2) is 7.23. The van der Waals surface area contributed by atoms with Gasteiger partial charge in [0.1, 0.15) is 5.75 Å². The lowest BCUT2D eigenvalue weighted by molar-refractivity contribution is -0.121. The summed E-state index contributed by atoms with van der Waals surface area (Å²) in [6.45, 7) is 0. The number of amides is 1. The molecule has 26 heavy (non-hydrogen) atoms. The van der Waals surface area contributed by atoms with Gasteiger partial charge in [-0.1, -0.05) is 11.6 Å². The molecule has 0 radical (unpaired) electrons. The summed E-state index contributed by atoms with van der Waals surface area (Å²) in [5.74, 6) is -1.25. The molecule has 0 unspecified atom stereocenters. The van der Waals surface area contributed by atoms with Gasteiger partial charge in [0.25, 0.3) is 5.91 Å². The lowest BCUT2D eigenvalue weighted by Gasteiger charge is -2.07. The van der Waals surface area contributed by atoms with Crippen molar-refractivity contribution in [1.29, 1.82) is 0 Å². The van der Waals surface area contributed by atoms with Crippen molar-refractivity contribution in [3.63, 3.8) is 0 Å². The van der Waals surface area contributed by atoms with Crippen LogP contribution in [0.2, 0.25) is 5.02 Å². The van der Waals surface area contributed by atoms with E-state index < -0.39 is 5.97 Å². The zero-order valence-electron chi connectivity index (χ0n) is 13.5. The van der Waals surface area contributed by atoms with Gasteiger partial charge in [-0.2, -0.15) is 0 Å². The average molecular weight is 389 g/mol. The normalized spacial score (nSPS) is 17.3. The number of hydrogen-bond acceptors (Lipinski definition) is 5. The topological polar surface area (TPSA) is 90.2 Å². The number of rotatable bonds is 3. The number of aromatic hydroxyl groups is 1. The molecular formula is C18H13ClN2O4S. The molecule has 2 aromatic carbocycles. The number of likely N-dealkylation sites (N-methyl/N-ethyl adjacent to an activating group) is 1. The summed E-state index contributed by atoms with van der Waals surface area (Å²) >= 11 is 7.09. The van der Waals surface area contributed by atoms with Gasteiger partial charge in [0, 0.05) is 17.6 Å². The van der Waals surface area contributed by atoms with Crippen molar-refractivity contribution in [2.45, 2.75) is 0 Å². The molecule has 1 amide bonds. The third kappa shape index (κ3) is 3.74. The van der Waals surface area contributed by atoms with Crippen molar-refractivity contribution in [2.75, 3.05) is 7.05 Å². The highest BCUT2D eigenvalue weighted by Crippen LogP contribution is 2.35. The summed E-state index contributed by atoms with van der Waals surface area (Å²) in [5.41, 5.74) is 1.13. The second-order valence-corrected chi connectivity index (χ2v) is 6.87. The number of hydrogen-bond donors (Lipinski definition) is 2. The minimum Gasteiger partial charge on any atom is -0.507 e. The summed E-state index contributed by atoms with van der Waals surface area (Å²) in [4.78, 5) is 29.5. The summed E-state index contributed by atoms with van der Waals surface area (Å²) < 4.78 is 0. The Morgan fingerprint density at radius 2 is 1.92 bits per heavy atom. The van der Waals surface area contributed by atoms with E-state index in [0.29, 0.717) is 26.3 Å². The fourth-order valence-electron chi connectivity index (χ4n) is 2.22. The first kappa shape index (κ1) is 18.0. The SMILES string of the molecule is CN1C(=O)C(=Cc2cc(Cl)ccc2O)SC1=Nc1ccc(C(=O)O)cc1. The Morgan fingerprint density at radius 1 is 1.23 bits per heavy atom. The number of halogens is 1. The number of carboxylic acid groups (broad SMARTS) is 1. The Hall–Kier alpha value is -2.77. The van der Waals surface area contributed by atoms with Crippen LogP contribution in [0, 0.1) is 0 Å². The Morgan fingerprint density at radius 3 is 2.58 bits per heavy atom. The molecule has 6 nitrogen and oxygen atoms in total. The van der Waals surface area contributed by atoms with Gasteiger partial charge in [-0.25, -0.2) is 9.79 Å². The van der Waals surface area contributed by atoms with Gasteiger partial charge in [-0.15, -0.1) is 0 Å². The van der Waals surface area contributed by atoms with Crippen molar-refractivity contribution in [2.24, 2.45) is 4.99 Å². The number of carbonyl (C=O) groups excluding carboxylic acids is 1. The number of carboxylic acids is 1. The molecule has 0 bridgehead atoms. The van der Waals surface area contributed by atoms with Gasteiger partial charge in [0.15, 0.2) is 5.17 Å². The van der Waals surface area contributed by atoms with Crippen molar-refractivity contribution in [1.82, 2.24) is 4.90 Å². The highest BCUT2D eigenvalue weighted by molar-refractivity contribution is 8.18. The maximum atomic E-state index is 12.4. The van der Waals surface area contributed by atoms with Crippen LogP contribution >= 0.6 is 23.4 Å². The van der Waals surface area contributed by atoms with Gasteiger partial charge in [-0.3, -0.25) is 9.69 Å². The van der Waals surface area contributed by atoms with Crippen LogP contribution in [0.15, 0.2) is 52.4 Å². The summed E-state index contributed by atoms with van der Waals surface area (Å²) in [6, 6.07) is 10.6. The number of benzene rings is 2. The van der Waals surface area contributed by atoms with Crippen LogP contribution in [0.3, 0.4) is 0 Å². The molecule has 0 spiro atoms. The van der Waals surface area contributed by atoms with Crippen LogP contribution in [0.25, 0.3) is 6.08 Å². The molecular weight excluding hydrogens is 376 g/mol. The largest absolute Gasteiger partial charge is 0.507 e. The number of amidine groups is 1. The molecule has 0 saturated carbocycles. The highest BCUT2D eigenvalue weighted by atomic mass is 35.5. The Bertz CT molecular complexity index is 954. The molecule has 3 rings (SSSR count). The number of thioether (sulfide) groups is 1. The van der Waals surface area contributed by atoms with Gasteiger partial charge in [-0.05, 0) is 60.3 Å². The van der Waals surface area contributed by atoms with Crippen LogP contribution in [0.5, 0.6) is 5.75 Å². The van der Waals surface area contributed by atoms with E-state index in [0.717, 1.165) is 11.8 Å². The average Bonchev–Trinajstić information content (AvgIpc) is 2.86. The molecule has 8 heteroatoms. The third-order valence-electron chi connectivity index (χ3n) is 3.62. The Labute approximate surface area is 158 Å². The fourth-order valence-corrected chi connectivity index (χ4v) is 3.38. The Balaban J connectivity index is 1.89. The predicted octanol–water partition coefficient (Wildman–Crippen LogP) is 3.98. The smallest absolute Gasteiger partial charge is 0.335 e. The van der Waals surface area contributed by atoms with Gasteiger partial charge >= 0.3 is 5.97 Å². The number of aliphatic imine (C=N–C) groups is 1. The number of phenols is 1. The van der Waals surface area contributed by atoms with E-state index in [2.05, 4.69) is 4.99 Å². The van der Waals surface area contributed by atoms with Crippen LogP contribution in [0.1, 0.15) is 15.9 Å². The van der Waals surface area contributed by atoms with E-state index in [1.807, 2.05) is 0 Å². The van der Waals surface area contributed by atoms with E-state index in [-0.39, 0.29) is 17.2 Å². The maximum Gasteiger partial charge on any atom is 0.335 e. The lowest BCUT2D eigenvalue weighted by atomic mass is 10.2. The molecule has 132 valence electrons. The molecule has 2 N–H and O–H groups in total. The molecule has 1 aliphatic heterocycles. The fraction of sp³-hybridized carbons (Fsp3) is 0.0556. The zero-order valence-corrected chi connectivity index (χ0v) is 15.1. The first-order chi connectivity index (χ1) is 12.3. The molecule has 2 aromatic rings. The first-order valence-electron chi connectivity index (χ1n) is 7.43. The van der Waals surface area contributed by atoms with Crippen molar-refractivity contribution in [3.05, 3.63) is 63.5 Å². The van der Waals surface area contributed by atoms with Crippen LogP contribution in [-0.2, 0) is 4.79 Å². The van der Waals surface area contributed by atoms with Crippen LogP contribution in [0.4, 0.5) is 5.69 Å². The van der Waals surface area contributed by atoms with Gasteiger partial charge < -0.3 is 10.2 Å². The molecule has 1 saturated heterocycles. The van der Waals surface area contributed by atoms with E-state index >= 15 is 0 Å². The predicted molar refractivity (Wildman–Crippen MR) is 102 cm³/mol. The Kier molecular flexibility index (Phi) is 5.01. The number of nitrogens with zero attached hydrogens (tertiary/aromatic N) is 2. The minimum atomic E-state index is -1.02. The van der Waals surface area contributed by atoms with E-state index in [1.54, 1.807) is 37.4 Å². The van der Waals surface area contributed by atoms with E-state index in [1.165, 1.54) is 23.1 Å². The molecule has 1 heterocycles. The third-order valence-corrected chi connectivity index (χ3v) is 4.91.